The number of hydrogen-bond donors (Lipinski definition) is 1. The van der Waals surface area contributed by atoms with E-state index in [-0.39, 0.29) is 0 Å². The van der Waals surface area contributed by atoms with Gasteiger partial charge >= 0.3 is 0 Å². The monoisotopic (exact) mass is 415 g/mol. The number of aryl methyl sites for hydroxylation is 2. The third-order valence-corrected chi connectivity index (χ3v) is 7.29. The summed E-state index contributed by atoms with van der Waals surface area (Å²) >= 11 is 1.52. The van der Waals surface area contributed by atoms with Gasteiger partial charge in [-0.25, -0.2) is 13.4 Å². The van der Waals surface area contributed by atoms with Gasteiger partial charge in [-0.3, -0.25) is 0 Å². The second-order valence-corrected chi connectivity index (χ2v) is 9.45. The Kier molecular flexibility index (Phi) is 6.17. The second-order valence-electron chi connectivity index (χ2n) is 6.65. The number of hydrogen-bond acceptors (Lipinski definition) is 5. The molecule has 2 aromatic carbocycles. The molecule has 0 spiro atoms. The third-order valence-electron chi connectivity index (χ3n) is 4.47. The summed E-state index contributed by atoms with van der Waals surface area (Å²) in [6, 6.07) is 13.2. The van der Waals surface area contributed by atoms with Gasteiger partial charge in [-0.05, 0) is 49.2 Å². The highest BCUT2D eigenvalue weighted by Crippen LogP contribution is 2.29. The molecule has 0 radical (unpaired) electrons. The number of nitrogens with zero attached hydrogens (tertiary/aromatic N) is 2. The molecule has 1 N–H and O–H groups in total. The van der Waals surface area contributed by atoms with E-state index in [1.54, 1.807) is 12.1 Å². The standard InChI is InChI=1S/C21H25N3O2S2/c1-5-24(6-2)28(25,26)19-9-7-17(8-10-19)20-14-27-21(23-20)22-18-12-15(3)11-16(4)13-18/h7-14H,5-6H2,1-4H3,(H,22,23). The van der Waals surface area contributed by atoms with Crippen LogP contribution in [0.3, 0.4) is 0 Å². The first-order valence-corrected chi connectivity index (χ1v) is 11.6. The first kappa shape index (κ1) is 20.5. The van der Waals surface area contributed by atoms with E-state index in [1.165, 1.54) is 26.8 Å². The Morgan fingerprint density at radius 2 is 1.61 bits per heavy atom. The van der Waals surface area contributed by atoms with Crippen LogP contribution in [0.5, 0.6) is 0 Å². The maximum absolute atomic E-state index is 12.6. The molecule has 0 saturated heterocycles. The van der Waals surface area contributed by atoms with E-state index in [1.807, 2.05) is 31.4 Å². The SMILES string of the molecule is CCN(CC)S(=O)(=O)c1ccc(-c2csc(Nc3cc(C)cc(C)c3)n2)cc1. The molecule has 0 fully saturated rings. The summed E-state index contributed by atoms with van der Waals surface area (Å²) in [5.74, 6) is 0. The minimum absolute atomic E-state index is 0.309. The van der Waals surface area contributed by atoms with Crippen molar-refractivity contribution in [2.45, 2.75) is 32.6 Å². The van der Waals surface area contributed by atoms with Crippen LogP contribution >= 0.6 is 11.3 Å². The van der Waals surface area contributed by atoms with E-state index in [0.717, 1.165) is 22.1 Å². The van der Waals surface area contributed by atoms with E-state index < -0.39 is 10.0 Å². The van der Waals surface area contributed by atoms with Gasteiger partial charge in [0.05, 0.1) is 10.6 Å². The van der Waals surface area contributed by atoms with E-state index in [9.17, 15) is 8.42 Å². The molecule has 148 valence electrons. The normalized spacial score (nSPS) is 11.8. The van der Waals surface area contributed by atoms with Crippen LogP contribution in [0.1, 0.15) is 25.0 Å². The maximum atomic E-state index is 12.6. The second kappa shape index (κ2) is 8.43. The highest BCUT2D eigenvalue weighted by molar-refractivity contribution is 7.89. The first-order valence-electron chi connectivity index (χ1n) is 9.25. The van der Waals surface area contributed by atoms with Gasteiger partial charge in [-0.2, -0.15) is 4.31 Å². The lowest BCUT2D eigenvalue weighted by atomic mass is 10.1. The fourth-order valence-corrected chi connectivity index (χ4v) is 5.34. The number of anilines is 2. The Bertz CT molecular complexity index is 1030. The van der Waals surface area contributed by atoms with E-state index in [0.29, 0.717) is 18.0 Å². The van der Waals surface area contributed by atoms with Gasteiger partial charge in [-0.1, -0.05) is 32.0 Å². The van der Waals surface area contributed by atoms with Crippen molar-refractivity contribution in [2.75, 3.05) is 18.4 Å². The van der Waals surface area contributed by atoms with Crippen LogP contribution in [0.15, 0.2) is 52.7 Å². The summed E-state index contributed by atoms with van der Waals surface area (Å²) in [5, 5.41) is 6.12. The molecule has 1 aromatic heterocycles. The van der Waals surface area contributed by atoms with Gasteiger partial charge in [0.25, 0.3) is 0 Å². The maximum Gasteiger partial charge on any atom is 0.243 e. The Hall–Kier alpha value is -2.22. The molecule has 3 aromatic rings. The molecule has 0 amide bonds. The Labute approximate surface area is 171 Å². The highest BCUT2D eigenvalue weighted by atomic mass is 32.2. The van der Waals surface area contributed by atoms with Crippen LogP contribution in [0.25, 0.3) is 11.3 Å². The topological polar surface area (TPSA) is 62.3 Å². The molecule has 28 heavy (non-hydrogen) atoms. The van der Waals surface area contributed by atoms with Gasteiger partial charge in [0, 0.05) is 29.7 Å². The van der Waals surface area contributed by atoms with Gasteiger partial charge in [0.1, 0.15) is 0 Å². The van der Waals surface area contributed by atoms with Crippen molar-refractivity contribution in [1.82, 2.24) is 9.29 Å². The third kappa shape index (κ3) is 4.43. The number of thiazole rings is 1. The smallest absolute Gasteiger partial charge is 0.243 e. The number of nitrogens with one attached hydrogen (secondary N) is 1. The number of rotatable bonds is 7. The molecular weight excluding hydrogens is 390 g/mol. The zero-order valence-electron chi connectivity index (χ0n) is 16.6. The Balaban J connectivity index is 1.80. The molecule has 5 nitrogen and oxygen atoms in total. The van der Waals surface area contributed by atoms with Crippen LogP contribution in [0, 0.1) is 13.8 Å². The largest absolute Gasteiger partial charge is 0.332 e. The van der Waals surface area contributed by atoms with Crippen molar-refractivity contribution < 1.29 is 8.42 Å². The van der Waals surface area contributed by atoms with E-state index in [2.05, 4.69) is 42.3 Å². The van der Waals surface area contributed by atoms with Crippen LogP contribution < -0.4 is 5.32 Å². The summed E-state index contributed by atoms with van der Waals surface area (Å²) in [6.07, 6.45) is 0. The number of sulfonamides is 1. The highest BCUT2D eigenvalue weighted by Gasteiger charge is 2.21. The molecule has 0 atom stereocenters. The summed E-state index contributed by atoms with van der Waals surface area (Å²) < 4.78 is 26.7. The van der Waals surface area contributed by atoms with Gasteiger partial charge in [0.2, 0.25) is 10.0 Å². The fourth-order valence-electron chi connectivity index (χ4n) is 3.14. The Morgan fingerprint density at radius 1 is 1.00 bits per heavy atom. The van der Waals surface area contributed by atoms with Crippen molar-refractivity contribution in [2.24, 2.45) is 0 Å². The predicted molar refractivity (Wildman–Crippen MR) is 117 cm³/mol. The van der Waals surface area contributed by atoms with Crippen molar-refractivity contribution in [3.8, 4) is 11.3 Å². The zero-order valence-corrected chi connectivity index (χ0v) is 18.2. The number of aromatic nitrogens is 1. The molecule has 1 heterocycles. The van der Waals surface area contributed by atoms with E-state index in [4.69, 9.17) is 0 Å². The lowest BCUT2D eigenvalue weighted by Gasteiger charge is -2.18. The van der Waals surface area contributed by atoms with Crippen LogP contribution in [-0.2, 0) is 10.0 Å². The van der Waals surface area contributed by atoms with Gasteiger partial charge in [-0.15, -0.1) is 11.3 Å². The molecule has 0 saturated carbocycles. The van der Waals surface area contributed by atoms with E-state index >= 15 is 0 Å². The molecule has 0 aliphatic heterocycles. The average Bonchev–Trinajstić information content (AvgIpc) is 3.10. The zero-order chi connectivity index (χ0) is 20.3. The first-order chi connectivity index (χ1) is 13.3. The average molecular weight is 416 g/mol. The van der Waals surface area contributed by atoms with Crippen molar-refractivity contribution >= 4 is 32.2 Å². The molecule has 0 unspecified atom stereocenters. The van der Waals surface area contributed by atoms with Crippen LogP contribution in [0.4, 0.5) is 10.8 Å². The predicted octanol–water partition coefficient (Wildman–Crippen LogP) is 5.20. The fraction of sp³-hybridized carbons (Fsp3) is 0.286. The summed E-state index contributed by atoms with van der Waals surface area (Å²) in [7, 11) is -3.44. The molecule has 0 bridgehead atoms. The van der Waals surface area contributed by atoms with Crippen molar-refractivity contribution in [3.63, 3.8) is 0 Å². The molecule has 0 aliphatic carbocycles. The lowest BCUT2D eigenvalue weighted by Crippen LogP contribution is -2.30. The Morgan fingerprint density at radius 3 is 2.18 bits per heavy atom. The minimum atomic E-state index is -3.44. The van der Waals surface area contributed by atoms with Gasteiger partial charge in [0.15, 0.2) is 5.13 Å². The summed E-state index contributed by atoms with van der Waals surface area (Å²) in [4.78, 5) is 4.95. The van der Waals surface area contributed by atoms with Crippen molar-refractivity contribution in [1.29, 1.82) is 0 Å². The van der Waals surface area contributed by atoms with Gasteiger partial charge < -0.3 is 5.32 Å². The minimum Gasteiger partial charge on any atom is -0.332 e. The number of benzene rings is 2. The molecular formula is C21H25N3O2S2. The molecule has 7 heteroatoms. The quantitative estimate of drug-likeness (QED) is 0.576. The summed E-state index contributed by atoms with van der Waals surface area (Å²) in [5.41, 5.74) is 5.12. The lowest BCUT2D eigenvalue weighted by molar-refractivity contribution is 0.445. The van der Waals surface area contributed by atoms with Crippen LogP contribution in [0.2, 0.25) is 0 Å². The molecule has 0 aliphatic rings. The molecule has 3 rings (SSSR count). The van der Waals surface area contributed by atoms with Crippen molar-refractivity contribution in [3.05, 3.63) is 59.0 Å². The summed E-state index contributed by atoms with van der Waals surface area (Å²) in [6.45, 7) is 8.74. The van der Waals surface area contributed by atoms with Crippen LogP contribution in [-0.4, -0.2) is 30.8 Å².